The largest absolute Gasteiger partial charge is 0.493 e. The molecule has 0 atom stereocenters. The van der Waals surface area contributed by atoms with Gasteiger partial charge in [-0.1, -0.05) is 6.07 Å². The summed E-state index contributed by atoms with van der Waals surface area (Å²) in [6, 6.07) is 10.7. The third kappa shape index (κ3) is 5.20. The minimum atomic E-state index is -1.03. The Bertz CT molecular complexity index is 855. The number of amides is 1. The first-order chi connectivity index (χ1) is 12.4. The van der Waals surface area contributed by atoms with E-state index < -0.39 is 11.9 Å². The Balaban J connectivity index is 2.05. The Labute approximate surface area is 149 Å². The van der Waals surface area contributed by atoms with Crippen molar-refractivity contribution in [3.8, 4) is 11.5 Å². The van der Waals surface area contributed by atoms with Crippen LogP contribution in [0.2, 0.25) is 0 Å². The third-order valence-corrected chi connectivity index (χ3v) is 3.27. The maximum Gasteiger partial charge on any atom is 0.335 e. The molecule has 1 amide bonds. The van der Waals surface area contributed by atoms with Crippen molar-refractivity contribution in [3.05, 3.63) is 59.7 Å². The quantitative estimate of drug-likeness (QED) is 0.469. The first-order valence-electron chi connectivity index (χ1n) is 7.58. The second-order valence-corrected chi connectivity index (χ2v) is 5.21. The van der Waals surface area contributed by atoms with Gasteiger partial charge in [0.2, 0.25) is 5.91 Å². The third-order valence-electron chi connectivity index (χ3n) is 3.27. The number of hydrogen-bond donors (Lipinski definition) is 2. The molecule has 2 aromatic rings. The maximum absolute atomic E-state index is 12.0. The maximum atomic E-state index is 12.0. The molecule has 0 aromatic heterocycles. The summed E-state index contributed by atoms with van der Waals surface area (Å²) in [5.41, 5.74) is 1.29. The monoisotopic (exact) mass is 355 g/mol. The molecule has 0 saturated heterocycles. The fourth-order valence-electron chi connectivity index (χ4n) is 2.08. The van der Waals surface area contributed by atoms with Crippen molar-refractivity contribution in [2.45, 2.75) is 6.92 Å². The summed E-state index contributed by atoms with van der Waals surface area (Å²) in [5, 5.41) is 11.5. The van der Waals surface area contributed by atoms with Crippen LogP contribution in [-0.2, 0) is 9.59 Å². The zero-order chi connectivity index (χ0) is 19.1. The van der Waals surface area contributed by atoms with Crippen LogP contribution in [0.1, 0.15) is 22.8 Å². The van der Waals surface area contributed by atoms with E-state index in [9.17, 15) is 14.4 Å². The standard InChI is InChI=1S/C19H17NO6/c1-12(21)26-16-9-3-13(11-17(16)25-2)4-10-18(22)20-15-7-5-14(6-8-15)19(23)24/h3-11H,1-2H3,(H,20,22)(H,23,24)/b10-4+. The highest BCUT2D eigenvalue weighted by Gasteiger charge is 2.07. The van der Waals surface area contributed by atoms with Crippen LogP contribution in [-0.4, -0.2) is 30.1 Å². The summed E-state index contributed by atoms with van der Waals surface area (Å²) >= 11 is 0. The first-order valence-corrected chi connectivity index (χ1v) is 7.58. The molecule has 0 spiro atoms. The molecule has 0 aliphatic rings. The lowest BCUT2D eigenvalue weighted by atomic mass is 10.2. The molecule has 7 heteroatoms. The Morgan fingerprint density at radius 1 is 1.04 bits per heavy atom. The van der Waals surface area contributed by atoms with Crippen LogP contribution in [0.25, 0.3) is 6.08 Å². The van der Waals surface area contributed by atoms with Gasteiger partial charge in [0, 0.05) is 18.7 Å². The molecule has 0 aliphatic carbocycles. The summed E-state index contributed by atoms with van der Waals surface area (Å²) in [4.78, 5) is 33.8. The van der Waals surface area contributed by atoms with E-state index in [1.54, 1.807) is 24.3 Å². The van der Waals surface area contributed by atoms with Crippen LogP contribution in [0.3, 0.4) is 0 Å². The van der Waals surface area contributed by atoms with Crippen LogP contribution in [0.4, 0.5) is 5.69 Å². The number of carbonyl (C=O) groups excluding carboxylic acids is 2. The molecular weight excluding hydrogens is 338 g/mol. The highest BCUT2D eigenvalue weighted by Crippen LogP contribution is 2.28. The smallest absolute Gasteiger partial charge is 0.335 e. The van der Waals surface area contributed by atoms with Gasteiger partial charge in [-0.25, -0.2) is 4.79 Å². The van der Waals surface area contributed by atoms with Crippen molar-refractivity contribution in [2.75, 3.05) is 12.4 Å². The molecule has 0 fully saturated rings. The molecule has 0 heterocycles. The second kappa shape index (κ2) is 8.48. The van der Waals surface area contributed by atoms with Gasteiger partial charge in [0.05, 0.1) is 12.7 Å². The Kier molecular flexibility index (Phi) is 6.10. The lowest BCUT2D eigenvalue weighted by molar-refractivity contribution is -0.132. The van der Waals surface area contributed by atoms with E-state index in [2.05, 4.69) is 5.32 Å². The van der Waals surface area contributed by atoms with Gasteiger partial charge in [0.15, 0.2) is 11.5 Å². The minimum Gasteiger partial charge on any atom is -0.493 e. The van der Waals surface area contributed by atoms with Crippen LogP contribution < -0.4 is 14.8 Å². The van der Waals surface area contributed by atoms with Crippen LogP contribution >= 0.6 is 0 Å². The SMILES string of the molecule is COc1cc(/C=C/C(=O)Nc2ccc(C(=O)O)cc2)ccc1OC(C)=O. The van der Waals surface area contributed by atoms with Crippen molar-refractivity contribution in [1.29, 1.82) is 0 Å². The van der Waals surface area contributed by atoms with Crippen molar-refractivity contribution in [3.63, 3.8) is 0 Å². The molecule has 2 aromatic carbocycles. The lowest BCUT2D eigenvalue weighted by Gasteiger charge is -2.08. The van der Waals surface area contributed by atoms with Gasteiger partial charge in [-0.15, -0.1) is 0 Å². The number of anilines is 1. The predicted molar refractivity (Wildman–Crippen MR) is 95.4 cm³/mol. The average molecular weight is 355 g/mol. The first kappa shape index (κ1) is 18.7. The summed E-state index contributed by atoms with van der Waals surface area (Å²) in [6.07, 6.45) is 2.90. The van der Waals surface area contributed by atoms with Crippen molar-refractivity contribution >= 4 is 29.6 Å². The number of ether oxygens (including phenoxy) is 2. The number of hydrogen-bond acceptors (Lipinski definition) is 5. The number of esters is 1. The molecule has 0 unspecified atom stereocenters. The molecule has 0 radical (unpaired) electrons. The molecule has 26 heavy (non-hydrogen) atoms. The summed E-state index contributed by atoms with van der Waals surface area (Å²) in [7, 11) is 1.45. The fraction of sp³-hybridized carbons (Fsp3) is 0.105. The Hall–Kier alpha value is -3.61. The van der Waals surface area contributed by atoms with E-state index in [0.29, 0.717) is 22.7 Å². The fourth-order valence-corrected chi connectivity index (χ4v) is 2.08. The molecule has 2 N–H and O–H groups in total. The van der Waals surface area contributed by atoms with E-state index in [4.69, 9.17) is 14.6 Å². The number of benzene rings is 2. The summed E-state index contributed by atoms with van der Waals surface area (Å²) in [6.45, 7) is 1.29. The predicted octanol–water partition coefficient (Wildman–Crippen LogP) is 2.97. The molecule has 134 valence electrons. The van der Waals surface area contributed by atoms with Crippen molar-refractivity contribution < 1.29 is 29.0 Å². The summed E-state index contributed by atoms with van der Waals surface area (Å²) in [5.74, 6) is -1.21. The van der Waals surface area contributed by atoms with Crippen molar-refractivity contribution in [1.82, 2.24) is 0 Å². The van der Waals surface area contributed by atoms with Crippen LogP contribution in [0.15, 0.2) is 48.5 Å². The van der Waals surface area contributed by atoms with Gasteiger partial charge in [0.1, 0.15) is 0 Å². The normalized spacial score (nSPS) is 10.4. The van der Waals surface area contributed by atoms with E-state index in [1.807, 2.05) is 0 Å². The van der Waals surface area contributed by atoms with Gasteiger partial charge >= 0.3 is 11.9 Å². The topological polar surface area (TPSA) is 102 Å². The van der Waals surface area contributed by atoms with E-state index in [-0.39, 0.29) is 11.5 Å². The molecular formula is C19H17NO6. The molecule has 0 bridgehead atoms. The number of carbonyl (C=O) groups is 3. The van der Waals surface area contributed by atoms with Crippen molar-refractivity contribution in [2.24, 2.45) is 0 Å². The van der Waals surface area contributed by atoms with Crippen LogP contribution in [0.5, 0.6) is 11.5 Å². The number of nitrogens with one attached hydrogen (secondary N) is 1. The average Bonchev–Trinajstić information content (AvgIpc) is 2.60. The number of rotatable bonds is 6. The molecule has 0 aliphatic heterocycles. The van der Waals surface area contributed by atoms with Gasteiger partial charge in [-0.2, -0.15) is 0 Å². The lowest BCUT2D eigenvalue weighted by Crippen LogP contribution is -2.08. The highest BCUT2D eigenvalue weighted by molar-refractivity contribution is 6.02. The number of carboxylic acid groups (broad SMARTS) is 1. The number of carboxylic acids is 1. The van der Waals surface area contributed by atoms with E-state index in [0.717, 1.165) is 0 Å². The van der Waals surface area contributed by atoms with Gasteiger partial charge in [0.25, 0.3) is 0 Å². The molecule has 7 nitrogen and oxygen atoms in total. The van der Waals surface area contributed by atoms with Gasteiger partial charge in [-0.3, -0.25) is 9.59 Å². The van der Waals surface area contributed by atoms with Crippen LogP contribution in [0, 0.1) is 0 Å². The number of aromatic carboxylic acids is 1. The minimum absolute atomic E-state index is 0.138. The van der Waals surface area contributed by atoms with Gasteiger partial charge < -0.3 is 19.9 Å². The second-order valence-electron chi connectivity index (χ2n) is 5.21. The summed E-state index contributed by atoms with van der Waals surface area (Å²) < 4.78 is 10.2. The van der Waals surface area contributed by atoms with Gasteiger partial charge in [-0.05, 0) is 48.0 Å². The zero-order valence-corrected chi connectivity index (χ0v) is 14.2. The number of methoxy groups -OCH3 is 1. The zero-order valence-electron chi connectivity index (χ0n) is 14.2. The molecule has 0 saturated carbocycles. The van der Waals surface area contributed by atoms with E-state index in [1.165, 1.54) is 44.4 Å². The Morgan fingerprint density at radius 3 is 2.31 bits per heavy atom. The Morgan fingerprint density at radius 2 is 1.73 bits per heavy atom. The highest BCUT2D eigenvalue weighted by atomic mass is 16.6. The molecule has 2 rings (SSSR count). The van der Waals surface area contributed by atoms with E-state index >= 15 is 0 Å².